The van der Waals surface area contributed by atoms with Crippen LogP contribution >= 0.6 is 27.5 Å². The molecule has 0 aromatic heterocycles. The second kappa shape index (κ2) is 10.8. The molecule has 2 atom stereocenters. The number of rotatable bonds is 7. The van der Waals surface area contributed by atoms with Gasteiger partial charge in [0.05, 0.1) is 6.21 Å². The number of benzene rings is 3. The van der Waals surface area contributed by atoms with Gasteiger partial charge in [0, 0.05) is 26.7 Å². The zero-order chi connectivity index (χ0) is 23.2. The molecule has 170 valence electrons. The minimum absolute atomic E-state index is 0.0310. The third-order valence-corrected chi connectivity index (χ3v) is 6.08. The molecule has 4 rings (SSSR count). The molecule has 1 fully saturated rings. The lowest BCUT2D eigenvalue weighted by atomic mass is 10.0. The van der Waals surface area contributed by atoms with Gasteiger partial charge in [0.2, 0.25) is 0 Å². The van der Waals surface area contributed by atoms with Crippen LogP contribution in [-0.4, -0.2) is 23.3 Å². The van der Waals surface area contributed by atoms with Crippen LogP contribution in [0.5, 0.6) is 11.5 Å². The molecule has 4 N–H and O–H groups in total. The van der Waals surface area contributed by atoms with E-state index in [1.807, 2.05) is 48.5 Å². The average Bonchev–Trinajstić information content (AvgIpc) is 3.32. The Morgan fingerprint density at radius 2 is 1.97 bits per heavy atom. The van der Waals surface area contributed by atoms with Gasteiger partial charge < -0.3 is 9.84 Å². The van der Waals surface area contributed by atoms with E-state index in [1.165, 1.54) is 6.21 Å². The number of phenols is 1. The van der Waals surface area contributed by atoms with Gasteiger partial charge in [0.1, 0.15) is 24.1 Å². The minimum Gasteiger partial charge on any atom is -0.507 e. The van der Waals surface area contributed by atoms with Gasteiger partial charge in [0.25, 0.3) is 5.91 Å². The molecule has 33 heavy (non-hydrogen) atoms. The zero-order valence-corrected chi connectivity index (χ0v) is 19.8. The number of hydrogen-bond acceptors (Lipinski definition) is 6. The number of nitrogens with zero attached hydrogens (tertiary/aromatic N) is 1. The van der Waals surface area contributed by atoms with Crippen molar-refractivity contribution < 1.29 is 14.6 Å². The van der Waals surface area contributed by atoms with Gasteiger partial charge in [-0.05, 0) is 48.4 Å². The van der Waals surface area contributed by atoms with Gasteiger partial charge in [-0.3, -0.25) is 4.79 Å². The molecule has 0 aliphatic carbocycles. The van der Waals surface area contributed by atoms with Crippen molar-refractivity contribution in [3.63, 3.8) is 0 Å². The van der Waals surface area contributed by atoms with E-state index in [-0.39, 0.29) is 17.7 Å². The fourth-order valence-corrected chi connectivity index (χ4v) is 3.96. The molecular formula is C24H22BrClN4O3. The number of carbonyl (C=O) groups excluding carboxylic acids is 1. The first kappa shape index (κ1) is 23.3. The predicted octanol–water partition coefficient (Wildman–Crippen LogP) is 4.45. The van der Waals surface area contributed by atoms with E-state index in [9.17, 15) is 9.90 Å². The SMILES string of the molecule is O=C(N/N=C/c1cc(Br)ccc1O)C1CC(c2ccc(OCc3ccccc3Cl)cc2)NN1. The molecule has 7 nitrogen and oxygen atoms in total. The molecule has 9 heteroatoms. The summed E-state index contributed by atoms with van der Waals surface area (Å²) in [5.41, 5.74) is 11.1. The fraction of sp³-hybridized carbons (Fsp3) is 0.167. The molecule has 1 heterocycles. The highest BCUT2D eigenvalue weighted by Crippen LogP contribution is 2.25. The summed E-state index contributed by atoms with van der Waals surface area (Å²) in [6, 6.07) is 19.8. The number of nitrogens with one attached hydrogen (secondary N) is 3. The first-order valence-corrected chi connectivity index (χ1v) is 11.5. The molecule has 1 aliphatic heterocycles. The lowest BCUT2D eigenvalue weighted by Crippen LogP contribution is -2.41. The highest BCUT2D eigenvalue weighted by atomic mass is 79.9. The molecule has 0 bridgehead atoms. The number of hydrazone groups is 1. The Balaban J connectivity index is 1.28. The Hall–Kier alpha value is -2.91. The summed E-state index contributed by atoms with van der Waals surface area (Å²) >= 11 is 9.50. The number of hydrazine groups is 1. The van der Waals surface area contributed by atoms with Crippen LogP contribution in [0.3, 0.4) is 0 Å². The standard InChI is InChI=1S/C24H22BrClN4O3/c25-18-7-10-23(31)17(11-18)13-27-30-24(32)22-12-21(28-29-22)15-5-8-19(9-6-15)33-14-16-3-1-2-4-20(16)26/h1-11,13,21-22,28-29,31H,12,14H2,(H,30,32)/b27-13+. The van der Waals surface area contributed by atoms with Crippen LogP contribution in [0.15, 0.2) is 76.3 Å². The first-order chi connectivity index (χ1) is 16.0. The summed E-state index contributed by atoms with van der Waals surface area (Å²) in [6.07, 6.45) is 1.96. The number of amides is 1. The highest BCUT2D eigenvalue weighted by Gasteiger charge is 2.30. The minimum atomic E-state index is -0.445. The van der Waals surface area contributed by atoms with Gasteiger partial charge in [-0.15, -0.1) is 0 Å². The van der Waals surface area contributed by atoms with E-state index < -0.39 is 6.04 Å². The summed E-state index contributed by atoms with van der Waals surface area (Å²) in [4.78, 5) is 12.4. The molecule has 1 aliphatic rings. The molecule has 2 unspecified atom stereocenters. The predicted molar refractivity (Wildman–Crippen MR) is 131 cm³/mol. The number of carbonyl (C=O) groups is 1. The van der Waals surface area contributed by atoms with Crippen molar-refractivity contribution in [1.29, 1.82) is 0 Å². The molecule has 0 spiro atoms. The summed E-state index contributed by atoms with van der Waals surface area (Å²) in [6.45, 7) is 0.392. The largest absolute Gasteiger partial charge is 0.507 e. The van der Waals surface area contributed by atoms with Crippen molar-refractivity contribution in [2.24, 2.45) is 5.10 Å². The van der Waals surface area contributed by atoms with Gasteiger partial charge in [-0.25, -0.2) is 16.3 Å². The van der Waals surface area contributed by atoms with Crippen LogP contribution in [-0.2, 0) is 11.4 Å². The van der Waals surface area contributed by atoms with E-state index in [0.29, 0.717) is 23.6 Å². The van der Waals surface area contributed by atoms with Crippen LogP contribution in [0, 0.1) is 0 Å². The number of hydrogen-bond donors (Lipinski definition) is 4. The number of ether oxygens (including phenoxy) is 1. The van der Waals surface area contributed by atoms with E-state index in [1.54, 1.807) is 18.2 Å². The van der Waals surface area contributed by atoms with Crippen LogP contribution in [0.2, 0.25) is 5.02 Å². The Morgan fingerprint density at radius 3 is 2.76 bits per heavy atom. The summed E-state index contributed by atoms with van der Waals surface area (Å²) in [7, 11) is 0. The van der Waals surface area contributed by atoms with E-state index in [4.69, 9.17) is 16.3 Å². The molecule has 0 saturated carbocycles. The molecule has 3 aromatic carbocycles. The van der Waals surface area contributed by atoms with Gasteiger partial charge in [0.15, 0.2) is 0 Å². The lowest BCUT2D eigenvalue weighted by molar-refractivity contribution is -0.122. The van der Waals surface area contributed by atoms with Gasteiger partial charge >= 0.3 is 0 Å². The number of phenolic OH excluding ortho intramolecular Hbond substituents is 1. The lowest BCUT2D eigenvalue weighted by Gasteiger charge is -2.12. The van der Waals surface area contributed by atoms with E-state index >= 15 is 0 Å². The molecule has 0 radical (unpaired) electrons. The van der Waals surface area contributed by atoms with Crippen LogP contribution in [0.4, 0.5) is 0 Å². The second-order valence-corrected chi connectivity index (χ2v) is 8.84. The topological polar surface area (TPSA) is 95.0 Å². The summed E-state index contributed by atoms with van der Waals surface area (Å²) in [5, 5.41) is 14.5. The Morgan fingerprint density at radius 1 is 1.18 bits per heavy atom. The van der Waals surface area contributed by atoms with Gasteiger partial charge in [-0.1, -0.05) is 57.9 Å². The Labute approximate surface area is 204 Å². The van der Waals surface area contributed by atoms with Crippen molar-refractivity contribution >= 4 is 39.7 Å². The first-order valence-electron chi connectivity index (χ1n) is 10.3. The Bertz CT molecular complexity index is 1160. The number of halogens is 2. The molecule has 3 aromatic rings. The van der Waals surface area contributed by atoms with E-state index in [0.717, 1.165) is 21.3 Å². The maximum atomic E-state index is 12.4. The van der Waals surface area contributed by atoms with Crippen LogP contribution < -0.4 is 21.0 Å². The second-order valence-electron chi connectivity index (χ2n) is 7.52. The Kier molecular flexibility index (Phi) is 7.61. The quantitative estimate of drug-likeness (QED) is 0.268. The van der Waals surface area contributed by atoms with E-state index in [2.05, 4.69) is 37.3 Å². The molecular weight excluding hydrogens is 508 g/mol. The third-order valence-electron chi connectivity index (χ3n) is 5.22. The third kappa shape index (κ3) is 6.11. The summed E-state index contributed by atoms with van der Waals surface area (Å²) < 4.78 is 6.63. The molecule has 1 amide bonds. The number of aromatic hydroxyl groups is 1. The monoisotopic (exact) mass is 528 g/mol. The maximum absolute atomic E-state index is 12.4. The normalized spacial score (nSPS) is 17.9. The van der Waals surface area contributed by atoms with Gasteiger partial charge in [-0.2, -0.15) is 5.10 Å². The van der Waals surface area contributed by atoms with Crippen LogP contribution in [0.1, 0.15) is 29.2 Å². The van der Waals surface area contributed by atoms with Crippen LogP contribution in [0.25, 0.3) is 0 Å². The van der Waals surface area contributed by atoms with Crippen molar-refractivity contribution in [1.82, 2.24) is 16.3 Å². The summed E-state index contributed by atoms with van der Waals surface area (Å²) in [5.74, 6) is 0.552. The maximum Gasteiger partial charge on any atom is 0.258 e. The highest BCUT2D eigenvalue weighted by molar-refractivity contribution is 9.10. The van der Waals surface area contributed by atoms with Crippen molar-refractivity contribution in [3.8, 4) is 11.5 Å². The molecule has 1 saturated heterocycles. The zero-order valence-electron chi connectivity index (χ0n) is 17.5. The average molecular weight is 530 g/mol. The van der Waals surface area contributed by atoms with Crippen molar-refractivity contribution in [2.75, 3.05) is 0 Å². The van der Waals surface area contributed by atoms with Crippen molar-refractivity contribution in [2.45, 2.75) is 25.1 Å². The smallest absolute Gasteiger partial charge is 0.258 e. The fourth-order valence-electron chi connectivity index (χ4n) is 3.39. The van der Waals surface area contributed by atoms with Crippen molar-refractivity contribution in [3.05, 3.63) is 92.9 Å².